The Morgan fingerprint density at radius 3 is 1.31 bits per heavy atom. The number of ether oxygens (including phenoxy) is 4. The van der Waals surface area contributed by atoms with Crippen LogP contribution in [0.3, 0.4) is 0 Å². The first kappa shape index (κ1) is 39.7. The fourth-order valence-corrected chi connectivity index (χ4v) is 5.40. The van der Waals surface area contributed by atoms with E-state index in [4.69, 9.17) is 30.4 Å². The SMILES string of the molecule is NCc1cccc(CNC(=O)N2CCN(C(=O)OCCOCC#CCOCCOC(=O)N3CCN(C(=O)NCc4cccc(CN)c4)CC3)CC2)c1. The molecule has 2 aromatic rings. The molecule has 2 heterocycles. The highest BCUT2D eigenvalue weighted by Crippen LogP contribution is 2.09. The summed E-state index contributed by atoms with van der Waals surface area (Å²) in [7, 11) is 0. The summed E-state index contributed by atoms with van der Waals surface area (Å²) in [6, 6.07) is 15.2. The highest BCUT2D eigenvalue weighted by molar-refractivity contribution is 5.75. The first-order valence-corrected chi connectivity index (χ1v) is 17.4. The summed E-state index contributed by atoms with van der Waals surface area (Å²) in [5, 5.41) is 5.82. The maximum atomic E-state index is 12.5. The lowest BCUT2D eigenvalue weighted by molar-refractivity contribution is 0.0532. The van der Waals surface area contributed by atoms with Gasteiger partial charge in [0, 0.05) is 78.5 Å². The number of carbonyl (C=O) groups excluding carboxylic acids is 4. The monoisotopic (exact) mass is 722 g/mol. The van der Waals surface area contributed by atoms with Crippen LogP contribution >= 0.6 is 0 Å². The molecule has 0 saturated carbocycles. The van der Waals surface area contributed by atoms with Crippen LogP contribution < -0.4 is 22.1 Å². The van der Waals surface area contributed by atoms with Crippen molar-refractivity contribution in [3.8, 4) is 11.8 Å². The Bertz CT molecular complexity index is 1410. The van der Waals surface area contributed by atoms with E-state index in [-0.39, 0.29) is 51.7 Å². The van der Waals surface area contributed by atoms with E-state index in [2.05, 4.69) is 22.5 Å². The highest BCUT2D eigenvalue weighted by Gasteiger charge is 2.26. The Hall–Kier alpha value is -5.08. The zero-order valence-corrected chi connectivity index (χ0v) is 29.6. The predicted molar refractivity (Wildman–Crippen MR) is 192 cm³/mol. The predicted octanol–water partition coefficient (Wildman–Crippen LogP) is 1.27. The van der Waals surface area contributed by atoms with Gasteiger partial charge in [-0.3, -0.25) is 0 Å². The lowest BCUT2D eigenvalue weighted by atomic mass is 10.1. The Kier molecular flexibility index (Phi) is 16.8. The molecule has 16 heteroatoms. The van der Waals surface area contributed by atoms with Crippen molar-refractivity contribution in [1.82, 2.24) is 30.2 Å². The fourth-order valence-electron chi connectivity index (χ4n) is 5.40. The second-order valence-electron chi connectivity index (χ2n) is 12.0. The minimum Gasteiger partial charge on any atom is -0.447 e. The number of carbonyl (C=O) groups is 4. The molecule has 4 rings (SSSR count). The molecule has 0 atom stereocenters. The van der Waals surface area contributed by atoms with Crippen LogP contribution in [0.5, 0.6) is 0 Å². The van der Waals surface area contributed by atoms with Gasteiger partial charge in [-0.1, -0.05) is 60.4 Å². The molecule has 2 fully saturated rings. The molecule has 0 spiro atoms. The molecule has 0 aliphatic carbocycles. The average molecular weight is 723 g/mol. The quantitative estimate of drug-likeness (QED) is 0.163. The molecule has 2 aliphatic heterocycles. The minimum atomic E-state index is -0.450. The van der Waals surface area contributed by atoms with Crippen molar-refractivity contribution in [2.45, 2.75) is 26.2 Å². The minimum absolute atomic E-state index is 0.0811. The molecule has 0 radical (unpaired) electrons. The highest BCUT2D eigenvalue weighted by atomic mass is 16.6. The van der Waals surface area contributed by atoms with E-state index in [9.17, 15) is 19.2 Å². The van der Waals surface area contributed by atoms with Crippen LogP contribution in [0.15, 0.2) is 48.5 Å². The number of hydrogen-bond donors (Lipinski definition) is 4. The van der Waals surface area contributed by atoms with Crippen LogP contribution in [0.2, 0.25) is 0 Å². The van der Waals surface area contributed by atoms with E-state index < -0.39 is 12.2 Å². The number of piperazine rings is 2. The first-order valence-electron chi connectivity index (χ1n) is 17.4. The van der Waals surface area contributed by atoms with E-state index in [0.717, 1.165) is 22.3 Å². The normalized spacial score (nSPS) is 14.3. The molecule has 2 aliphatic rings. The van der Waals surface area contributed by atoms with Gasteiger partial charge in [0.1, 0.15) is 26.4 Å². The third-order valence-electron chi connectivity index (χ3n) is 8.37. The van der Waals surface area contributed by atoms with Crippen LogP contribution in [0.25, 0.3) is 0 Å². The molecule has 2 saturated heterocycles. The summed E-state index contributed by atoms with van der Waals surface area (Å²) >= 11 is 0. The third kappa shape index (κ3) is 13.6. The Morgan fingerprint density at radius 2 is 0.923 bits per heavy atom. The number of urea groups is 2. The molecule has 6 amide bonds. The van der Waals surface area contributed by atoms with Gasteiger partial charge < -0.3 is 60.6 Å². The molecular formula is C36H50N8O8. The molecule has 52 heavy (non-hydrogen) atoms. The topological polar surface area (TPSA) is 194 Å². The zero-order chi connectivity index (χ0) is 37.0. The van der Waals surface area contributed by atoms with Crippen molar-refractivity contribution in [3.05, 3.63) is 70.8 Å². The molecular weight excluding hydrogens is 672 g/mol. The number of hydrogen-bond acceptors (Lipinski definition) is 10. The summed E-state index contributed by atoms with van der Waals surface area (Å²) in [6.07, 6.45) is -0.900. The van der Waals surface area contributed by atoms with E-state index in [0.29, 0.717) is 78.5 Å². The van der Waals surface area contributed by atoms with E-state index in [1.807, 2.05) is 48.5 Å². The maximum Gasteiger partial charge on any atom is 0.409 e. The van der Waals surface area contributed by atoms with Crippen molar-refractivity contribution in [3.63, 3.8) is 0 Å². The smallest absolute Gasteiger partial charge is 0.409 e. The van der Waals surface area contributed by atoms with E-state index in [1.165, 1.54) is 0 Å². The van der Waals surface area contributed by atoms with Gasteiger partial charge in [-0.15, -0.1) is 0 Å². The molecule has 0 aromatic heterocycles. The molecule has 0 bridgehead atoms. The van der Waals surface area contributed by atoms with Gasteiger partial charge in [0.15, 0.2) is 0 Å². The van der Waals surface area contributed by atoms with Crippen LogP contribution in [-0.2, 0) is 45.1 Å². The van der Waals surface area contributed by atoms with Crippen LogP contribution in [-0.4, -0.2) is 136 Å². The Balaban J connectivity index is 0.948. The van der Waals surface area contributed by atoms with E-state index in [1.54, 1.807) is 19.6 Å². The van der Waals surface area contributed by atoms with Gasteiger partial charge in [0.05, 0.1) is 13.2 Å². The van der Waals surface area contributed by atoms with Crippen LogP contribution in [0.4, 0.5) is 19.2 Å². The lowest BCUT2D eigenvalue weighted by Gasteiger charge is -2.34. The Morgan fingerprint density at radius 1 is 0.558 bits per heavy atom. The fraction of sp³-hybridized carbons (Fsp3) is 0.500. The first-order chi connectivity index (χ1) is 25.4. The average Bonchev–Trinajstić information content (AvgIpc) is 3.19. The second kappa shape index (κ2) is 22.0. The third-order valence-corrected chi connectivity index (χ3v) is 8.37. The van der Waals surface area contributed by atoms with Crippen LogP contribution in [0, 0.1) is 11.8 Å². The Labute approximate surface area is 304 Å². The number of rotatable bonds is 14. The summed E-state index contributed by atoms with van der Waals surface area (Å²) in [6.45, 7) is 5.68. The summed E-state index contributed by atoms with van der Waals surface area (Å²) in [5.74, 6) is 5.62. The molecule has 6 N–H and O–H groups in total. The number of nitrogens with two attached hydrogens (primary N) is 2. The summed E-state index contributed by atoms with van der Waals surface area (Å²) < 4.78 is 21.3. The molecule has 2 aromatic carbocycles. The van der Waals surface area contributed by atoms with Gasteiger partial charge in [0.25, 0.3) is 0 Å². The zero-order valence-electron chi connectivity index (χ0n) is 29.6. The number of benzene rings is 2. The van der Waals surface area contributed by atoms with Crippen molar-refractivity contribution < 1.29 is 38.1 Å². The lowest BCUT2D eigenvalue weighted by Crippen LogP contribution is -2.53. The van der Waals surface area contributed by atoms with E-state index >= 15 is 0 Å². The molecule has 282 valence electrons. The number of nitrogens with one attached hydrogen (secondary N) is 2. The van der Waals surface area contributed by atoms with Gasteiger partial charge in [-0.05, 0) is 22.3 Å². The molecule has 16 nitrogen and oxygen atoms in total. The van der Waals surface area contributed by atoms with Gasteiger partial charge in [0.2, 0.25) is 0 Å². The summed E-state index contributed by atoms with van der Waals surface area (Å²) in [5.41, 5.74) is 15.3. The van der Waals surface area contributed by atoms with Crippen molar-refractivity contribution >= 4 is 24.2 Å². The van der Waals surface area contributed by atoms with Crippen molar-refractivity contribution in [2.24, 2.45) is 11.5 Å². The largest absolute Gasteiger partial charge is 0.447 e. The summed E-state index contributed by atoms with van der Waals surface area (Å²) in [4.78, 5) is 56.3. The van der Waals surface area contributed by atoms with Gasteiger partial charge in [-0.25, -0.2) is 19.2 Å². The maximum absolute atomic E-state index is 12.5. The van der Waals surface area contributed by atoms with Gasteiger partial charge in [-0.2, -0.15) is 0 Å². The van der Waals surface area contributed by atoms with Crippen LogP contribution in [0.1, 0.15) is 22.3 Å². The number of nitrogens with zero attached hydrogens (tertiary/aromatic N) is 4. The van der Waals surface area contributed by atoms with Crippen molar-refractivity contribution in [1.29, 1.82) is 0 Å². The van der Waals surface area contributed by atoms with Crippen molar-refractivity contribution in [2.75, 3.05) is 92.0 Å². The second-order valence-corrected chi connectivity index (χ2v) is 12.0. The molecule has 0 unspecified atom stereocenters. The number of amides is 6. The standard InChI is InChI=1S/C36H50N8O8/c37-25-29-5-3-7-31(23-29)27-39-33(45)41-9-13-43(14-10-41)35(47)51-21-19-49-17-1-2-18-50-20-22-52-36(48)44-15-11-42(12-16-44)34(46)40-28-32-8-4-6-30(24-32)26-38/h3-8,23-24H,9-22,25-28,37-38H2,(H,39,45)(H,40,46). The van der Waals surface area contributed by atoms with Gasteiger partial charge >= 0.3 is 24.2 Å².